The Labute approximate surface area is 877 Å². The van der Waals surface area contributed by atoms with Gasteiger partial charge in [0.1, 0.15) is 33.8 Å². The lowest BCUT2D eigenvalue weighted by Crippen LogP contribution is -2.51. The van der Waals surface area contributed by atoms with Gasteiger partial charge in [-0.1, -0.05) is 190 Å². The van der Waals surface area contributed by atoms with Gasteiger partial charge in [0.25, 0.3) is 0 Å². The molecule has 740 valence electrons. The molecule has 1 saturated heterocycles. The van der Waals surface area contributed by atoms with Gasteiger partial charge in [0.15, 0.2) is 12.6 Å². The number of aldehydes is 2. The van der Waals surface area contributed by atoms with E-state index in [2.05, 4.69) is 43.9 Å². The smallest absolute Gasteiger partial charge is 0.331 e. The first-order chi connectivity index (χ1) is 63.3. The van der Waals surface area contributed by atoms with E-state index in [4.69, 9.17) is 201 Å². The number of rotatable bonds is 23. The van der Waals surface area contributed by atoms with Crippen molar-refractivity contribution in [2.75, 3.05) is 36.5 Å². The molecule has 19 nitrogen and oxygen atoms in total. The van der Waals surface area contributed by atoms with Crippen LogP contribution in [-0.2, 0) is 96.8 Å². The van der Waals surface area contributed by atoms with Crippen LogP contribution in [0.5, 0.6) is 5.75 Å². The Morgan fingerprint density at radius 2 is 0.735 bits per heavy atom. The van der Waals surface area contributed by atoms with Gasteiger partial charge in [-0.3, -0.25) is 33.7 Å². The number of aliphatic hydroxyl groups excluding tert-OH is 2. The van der Waals surface area contributed by atoms with Crippen LogP contribution in [0.3, 0.4) is 0 Å². The van der Waals surface area contributed by atoms with Crippen LogP contribution in [0.4, 0.5) is 11.4 Å². The predicted octanol–water partition coefficient (Wildman–Crippen LogP) is 29.6. The van der Waals surface area contributed by atoms with E-state index in [9.17, 15) is 38.4 Å². The molecule has 1 atom stereocenters. The molecular weight excluding hydrogens is 2100 g/mol. The molecule has 0 bridgehead atoms. The topological polar surface area (TPSA) is 242 Å². The minimum atomic E-state index is -0.538. The first-order valence-electron chi connectivity index (χ1n) is 43.2. The standard InChI is InChI=1S/C30H37Cl2N3O3.C14H17BrCl2O2.C14H16Cl2O3.C14H18Cl2O3.C14H16Cl2O3.C8H4Cl2O2.C8H8Cl2/c1-30(2,3)38-28(36)13-10-20-17-24(32)21(18-23(20)31)19-33-14-6-9-27(33)29(37)35-16-15-34(22-11-12-22)25-7-4-5-8-26(25)35;1-14(2,3)19-13(18)5-4-9-6-12(17)10(8-15)7-11(9)16;1-14(2,3)19-13(17)6-5-9-7-11(16)12(18-4)8-10(9)15;2*1-14(2,3)19-13(18)5-4-9-6-12(16)10(8-17)7-11(9)15;9-7-1-5(3-11)8(10)2-6(7)4-12;1-5-3-8(10)6(2)4-7(5)9/h4-5,7-8,17-18,22,27H,6,9-16,19H2,1-3H3;6-7H,4-5,8H2,1-3H3;5-8H,1-4H3;6-7,17H,4-5,8H2,1-3H3;4-7,17H,8H2,1-3H3;1-4H;3-4H,1-2H3/t27-;;;;;;/m0....../s1. The molecule has 8 aromatic rings. The van der Waals surface area contributed by atoms with Crippen molar-refractivity contribution in [1.82, 2.24) is 4.90 Å². The van der Waals surface area contributed by atoms with E-state index in [0.717, 1.165) is 87.2 Å². The Bertz CT molecular complexity index is 5290. The summed E-state index contributed by atoms with van der Waals surface area (Å²) < 4.78 is 31.2. The molecule has 1 saturated carbocycles. The van der Waals surface area contributed by atoms with Crippen LogP contribution in [-0.4, -0.2) is 130 Å². The number of para-hydroxylation sites is 2. The summed E-state index contributed by atoms with van der Waals surface area (Å²) in [6.07, 6.45) is 13.4. The van der Waals surface area contributed by atoms with Crippen molar-refractivity contribution in [3.05, 3.63) is 264 Å². The van der Waals surface area contributed by atoms with Gasteiger partial charge in [-0.25, -0.2) is 9.59 Å². The number of alkyl halides is 1. The van der Waals surface area contributed by atoms with Crippen molar-refractivity contribution >= 4 is 250 Å². The van der Waals surface area contributed by atoms with E-state index < -0.39 is 39.9 Å². The number of carbonyl (C=O) groups excluding carboxylic acids is 8. The molecule has 2 fully saturated rings. The Morgan fingerprint density at radius 1 is 0.397 bits per heavy atom. The van der Waals surface area contributed by atoms with Gasteiger partial charge in [-0.2, -0.15) is 0 Å². The van der Waals surface area contributed by atoms with Crippen LogP contribution in [0.2, 0.25) is 70.3 Å². The van der Waals surface area contributed by atoms with Crippen LogP contribution in [0.25, 0.3) is 12.2 Å². The number of halogens is 15. The fourth-order valence-electron chi connectivity index (χ4n) is 12.9. The Hall–Kier alpha value is -6.58. The number of hydrogen-bond acceptors (Lipinski definition) is 18. The van der Waals surface area contributed by atoms with E-state index in [1.807, 2.05) is 124 Å². The molecule has 1 aliphatic carbocycles. The Morgan fingerprint density at radius 3 is 1.12 bits per heavy atom. The number of likely N-dealkylation sites (tertiary alicyclic amines) is 1. The molecule has 1 amide bonds. The number of fused-ring (bicyclic) bond motifs is 1. The summed E-state index contributed by atoms with van der Waals surface area (Å²) in [4.78, 5) is 99.7. The first-order valence-corrected chi connectivity index (χ1v) is 49.6. The molecule has 8 aromatic carbocycles. The largest absolute Gasteiger partial charge is 0.495 e. The molecule has 2 N–H and O–H groups in total. The van der Waals surface area contributed by atoms with Crippen molar-refractivity contribution in [3.8, 4) is 5.75 Å². The third kappa shape index (κ3) is 41.9. The number of methoxy groups -OCH3 is 1. The van der Waals surface area contributed by atoms with E-state index in [1.165, 1.54) is 56.0 Å². The third-order valence-corrected chi connectivity index (χ3v) is 24.9. The van der Waals surface area contributed by atoms with Crippen LogP contribution in [0.15, 0.2) is 121 Å². The van der Waals surface area contributed by atoms with Gasteiger partial charge in [0.05, 0.1) is 57.8 Å². The summed E-state index contributed by atoms with van der Waals surface area (Å²) in [7, 11) is 1.51. The molecule has 11 rings (SSSR count). The van der Waals surface area contributed by atoms with Gasteiger partial charge >= 0.3 is 29.8 Å². The molecule has 34 heteroatoms. The average Bonchev–Trinajstić information content (AvgIpc) is 1.51. The maximum Gasteiger partial charge on any atom is 0.331 e. The highest BCUT2D eigenvalue weighted by Gasteiger charge is 2.40. The van der Waals surface area contributed by atoms with Crippen molar-refractivity contribution in [2.24, 2.45) is 0 Å². The number of aliphatic hydroxyl groups is 2. The second-order valence-corrected chi connectivity index (χ2v) is 42.8. The highest BCUT2D eigenvalue weighted by atomic mass is 79.9. The SMILES string of the molecule is CC(C)(C)OC(=O)C=Cc1cc(Cl)c(CO)cc1Cl.CC(C)(C)OC(=O)CCc1cc(Cl)c(CBr)cc1Cl.CC(C)(C)OC(=O)CCc1cc(Cl)c(CN2CCC[C@H]2C(=O)N2CCN(C3CC3)c3ccccc32)cc1Cl.CC(C)(C)OC(=O)CCc1cc(Cl)c(CO)cc1Cl.COc1cc(Cl)c(C=CC(=O)OC(C)(C)C)cc1Cl.Cc1cc(Cl)c(C)cc1Cl.O=Cc1cc(Cl)c(C=O)cc1Cl. The number of carbonyl (C=O) groups is 8. The minimum Gasteiger partial charge on any atom is -0.495 e. The minimum absolute atomic E-state index is 0.162. The van der Waals surface area contributed by atoms with Crippen molar-refractivity contribution in [1.29, 1.82) is 0 Å². The normalized spacial score (nSPS) is 13.7. The molecule has 136 heavy (non-hydrogen) atoms. The van der Waals surface area contributed by atoms with Gasteiger partial charge in [-0.05, 0) is 334 Å². The van der Waals surface area contributed by atoms with Gasteiger partial charge in [-0.15, -0.1) is 0 Å². The van der Waals surface area contributed by atoms with Gasteiger partial charge < -0.3 is 48.4 Å². The molecular formula is C102H116BrCl14N3O16. The van der Waals surface area contributed by atoms with Crippen LogP contribution in [0.1, 0.15) is 231 Å². The molecule has 0 spiro atoms. The highest BCUT2D eigenvalue weighted by molar-refractivity contribution is 9.08. The van der Waals surface area contributed by atoms with Crippen LogP contribution < -0.4 is 14.5 Å². The summed E-state index contributed by atoms with van der Waals surface area (Å²) in [5.41, 5.74) is 8.93. The molecule has 0 unspecified atom stereocenters. The average molecular weight is 2220 g/mol. The number of nitrogens with zero attached hydrogens (tertiary/aromatic N) is 3. The molecule has 2 aliphatic heterocycles. The lowest BCUT2D eigenvalue weighted by molar-refractivity contribution is -0.155. The lowest BCUT2D eigenvalue weighted by atomic mass is 10.1. The summed E-state index contributed by atoms with van der Waals surface area (Å²) in [6.45, 7) is 33.9. The van der Waals surface area contributed by atoms with E-state index in [0.29, 0.717) is 134 Å². The quantitative estimate of drug-likeness (QED) is 0.0199. The summed E-state index contributed by atoms with van der Waals surface area (Å²) in [5.74, 6) is -0.994. The zero-order valence-electron chi connectivity index (χ0n) is 79.2. The summed E-state index contributed by atoms with van der Waals surface area (Å²) in [5, 5.41) is 25.9. The van der Waals surface area contributed by atoms with E-state index in [1.54, 1.807) is 84.0 Å². The lowest BCUT2D eigenvalue weighted by Gasteiger charge is -2.40. The monoisotopic (exact) mass is 2210 g/mol. The van der Waals surface area contributed by atoms with Gasteiger partial charge in [0, 0.05) is 130 Å². The zero-order valence-corrected chi connectivity index (χ0v) is 91.3. The fraction of sp³-hybridized carbons (Fsp3) is 0.412. The maximum atomic E-state index is 13.9. The third-order valence-electron chi connectivity index (χ3n) is 19.4. The molecule has 2 heterocycles. The number of hydrogen-bond donors (Lipinski definition) is 2. The summed E-state index contributed by atoms with van der Waals surface area (Å²) in [6, 6.07) is 32.3. The Balaban J connectivity index is 0.000000293. The van der Waals surface area contributed by atoms with E-state index >= 15 is 0 Å². The number of esters is 5. The van der Waals surface area contributed by atoms with Gasteiger partial charge in [0.2, 0.25) is 5.91 Å². The second kappa shape index (κ2) is 55.7. The number of amides is 1. The van der Waals surface area contributed by atoms with Crippen molar-refractivity contribution in [3.63, 3.8) is 0 Å². The molecule has 0 radical (unpaired) electrons. The number of anilines is 2. The maximum absolute atomic E-state index is 13.9. The van der Waals surface area contributed by atoms with Crippen molar-refractivity contribution in [2.45, 2.75) is 247 Å². The number of benzene rings is 8. The highest BCUT2D eigenvalue weighted by Crippen LogP contribution is 2.42. The number of ether oxygens (including phenoxy) is 6. The Kier molecular flexibility index (Phi) is 49.1. The summed E-state index contributed by atoms with van der Waals surface area (Å²) >= 11 is 87.9. The second-order valence-electron chi connectivity index (χ2n) is 36.5. The molecule has 0 aromatic heterocycles. The first kappa shape index (κ1) is 120. The number of aryl methyl sites for hydroxylation is 5. The van der Waals surface area contributed by atoms with Crippen molar-refractivity contribution < 1.29 is 77.0 Å². The van der Waals surface area contributed by atoms with Crippen LogP contribution >= 0.6 is 178 Å². The fourth-order valence-corrected chi connectivity index (χ4v) is 17.0. The van der Waals surface area contributed by atoms with E-state index in [-0.39, 0.29) is 77.1 Å². The molecule has 3 aliphatic rings. The van der Waals surface area contributed by atoms with Crippen LogP contribution in [0, 0.1) is 13.8 Å². The zero-order chi connectivity index (χ0) is 102. The predicted molar refractivity (Wildman–Crippen MR) is 561 cm³/mol.